The van der Waals surface area contributed by atoms with Crippen LogP contribution in [0.25, 0.3) is 0 Å². The number of aryl methyl sites for hydroxylation is 1. The van der Waals surface area contributed by atoms with Gasteiger partial charge in [-0.25, -0.2) is 4.99 Å². The molecule has 0 aliphatic rings. The molecule has 1 heterocycles. The van der Waals surface area contributed by atoms with Crippen LogP contribution in [-0.2, 0) is 0 Å². The Hall–Kier alpha value is -2.50. The summed E-state index contributed by atoms with van der Waals surface area (Å²) in [5.74, 6) is 1.71. The van der Waals surface area contributed by atoms with E-state index in [0.717, 1.165) is 17.0 Å². The van der Waals surface area contributed by atoms with Crippen molar-refractivity contribution in [2.45, 2.75) is 13.8 Å². The lowest BCUT2D eigenvalue weighted by atomic mass is 10.1. The molecule has 0 spiro atoms. The minimum Gasteiger partial charge on any atom is -0.497 e. The van der Waals surface area contributed by atoms with Crippen molar-refractivity contribution in [1.82, 2.24) is 15.0 Å². The molecule has 6 heteroatoms. The fourth-order valence-electron chi connectivity index (χ4n) is 1.63. The van der Waals surface area contributed by atoms with Gasteiger partial charge in [0.25, 0.3) is 5.95 Å². The molecule has 104 valence electrons. The highest BCUT2D eigenvalue weighted by molar-refractivity contribution is 5.99. The maximum Gasteiger partial charge on any atom is 0.321 e. The largest absolute Gasteiger partial charge is 0.497 e. The van der Waals surface area contributed by atoms with Crippen molar-refractivity contribution in [1.29, 1.82) is 0 Å². The lowest BCUT2D eigenvalue weighted by Crippen LogP contribution is -1.99. The normalized spacial score (nSPS) is 11.3. The molecule has 2 rings (SSSR count). The lowest BCUT2D eigenvalue weighted by molar-refractivity contribution is 0.377. The maximum atomic E-state index is 5.12. The molecule has 0 saturated carbocycles. The summed E-state index contributed by atoms with van der Waals surface area (Å²) in [6.07, 6.45) is 0. The number of aromatic nitrogens is 3. The summed E-state index contributed by atoms with van der Waals surface area (Å²) in [6, 6.07) is 7.89. The molecule has 0 atom stereocenters. The number of benzene rings is 1. The first kappa shape index (κ1) is 13.9. The molecule has 0 N–H and O–H groups in total. The van der Waals surface area contributed by atoms with Gasteiger partial charge in [0.2, 0.25) is 0 Å². The van der Waals surface area contributed by atoms with Crippen LogP contribution in [0.4, 0.5) is 5.95 Å². The molecule has 1 aromatic carbocycles. The third-order valence-electron chi connectivity index (χ3n) is 2.67. The summed E-state index contributed by atoms with van der Waals surface area (Å²) in [6.45, 7) is 3.67. The minimum atomic E-state index is 0.263. The van der Waals surface area contributed by atoms with Gasteiger partial charge in [-0.3, -0.25) is 0 Å². The summed E-state index contributed by atoms with van der Waals surface area (Å²) in [4.78, 5) is 16.7. The van der Waals surface area contributed by atoms with Gasteiger partial charge in [0.15, 0.2) is 0 Å². The molecule has 0 bridgehead atoms. The Kier molecular flexibility index (Phi) is 4.24. The first-order valence-electron chi connectivity index (χ1n) is 6.08. The predicted octanol–water partition coefficient (Wildman–Crippen LogP) is 2.34. The molecule has 0 saturated heterocycles. The molecule has 0 amide bonds. The molecule has 0 fully saturated rings. The Bertz CT molecular complexity index is 624. The highest BCUT2D eigenvalue weighted by Gasteiger charge is 2.04. The zero-order chi connectivity index (χ0) is 14.5. The summed E-state index contributed by atoms with van der Waals surface area (Å²) in [5, 5.41) is 0. The number of hydrogen-bond acceptors (Lipinski definition) is 6. The smallest absolute Gasteiger partial charge is 0.321 e. The van der Waals surface area contributed by atoms with Crippen molar-refractivity contribution in [2.75, 3.05) is 14.2 Å². The highest BCUT2D eigenvalue weighted by Crippen LogP contribution is 2.15. The quantitative estimate of drug-likeness (QED) is 0.799. The Morgan fingerprint density at radius 2 is 1.70 bits per heavy atom. The zero-order valence-electron chi connectivity index (χ0n) is 11.9. The van der Waals surface area contributed by atoms with Crippen LogP contribution >= 0.6 is 0 Å². The van der Waals surface area contributed by atoms with Crippen molar-refractivity contribution < 1.29 is 9.47 Å². The average Bonchev–Trinajstić information content (AvgIpc) is 2.46. The third-order valence-corrected chi connectivity index (χ3v) is 2.67. The van der Waals surface area contributed by atoms with Gasteiger partial charge >= 0.3 is 6.01 Å². The number of methoxy groups -OCH3 is 2. The number of rotatable bonds is 4. The molecular formula is C14H16N4O2. The highest BCUT2D eigenvalue weighted by atomic mass is 16.5. The van der Waals surface area contributed by atoms with E-state index in [1.54, 1.807) is 14.0 Å². The second-order valence-corrected chi connectivity index (χ2v) is 4.10. The molecule has 0 aliphatic carbocycles. The summed E-state index contributed by atoms with van der Waals surface area (Å²) >= 11 is 0. The summed E-state index contributed by atoms with van der Waals surface area (Å²) < 4.78 is 10.1. The number of aliphatic imine (C=N–C) groups is 1. The van der Waals surface area contributed by atoms with Crippen molar-refractivity contribution in [3.63, 3.8) is 0 Å². The van der Waals surface area contributed by atoms with Crippen molar-refractivity contribution in [3.05, 3.63) is 35.7 Å². The van der Waals surface area contributed by atoms with Crippen LogP contribution in [-0.4, -0.2) is 34.9 Å². The fraction of sp³-hybridized carbons (Fsp3) is 0.286. The Balaban J connectivity index is 2.31. The van der Waals surface area contributed by atoms with Crippen LogP contribution in [0.1, 0.15) is 18.3 Å². The van der Waals surface area contributed by atoms with Crippen LogP contribution < -0.4 is 9.47 Å². The van der Waals surface area contributed by atoms with Crippen molar-refractivity contribution >= 4 is 11.7 Å². The van der Waals surface area contributed by atoms with Crippen LogP contribution in [0.2, 0.25) is 0 Å². The van der Waals surface area contributed by atoms with Crippen molar-refractivity contribution in [2.24, 2.45) is 4.99 Å². The number of nitrogens with zero attached hydrogens (tertiary/aromatic N) is 4. The fourth-order valence-corrected chi connectivity index (χ4v) is 1.63. The standard InChI is InChI=1S/C14H16N4O2/c1-9(11-5-7-12(19-3)8-6-11)15-13-16-10(2)17-14(18-13)20-4/h5-8H,1-4H3. The number of hydrogen-bond donors (Lipinski definition) is 0. The van der Waals surface area contributed by atoms with Gasteiger partial charge in [-0.2, -0.15) is 15.0 Å². The zero-order valence-corrected chi connectivity index (χ0v) is 11.9. The molecule has 0 aliphatic heterocycles. The van der Waals surface area contributed by atoms with Crippen LogP contribution in [0.5, 0.6) is 11.8 Å². The van der Waals surface area contributed by atoms with Crippen LogP contribution in [0.3, 0.4) is 0 Å². The molecule has 2 aromatic rings. The molecular weight excluding hydrogens is 256 g/mol. The van der Waals surface area contributed by atoms with E-state index in [9.17, 15) is 0 Å². The van der Waals surface area contributed by atoms with E-state index in [1.807, 2.05) is 31.2 Å². The second kappa shape index (κ2) is 6.10. The van der Waals surface area contributed by atoms with Gasteiger partial charge in [-0.15, -0.1) is 0 Å². The first-order chi connectivity index (χ1) is 9.62. The Labute approximate surface area is 117 Å². The van der Waals surface area contributed by atoms with Crippen LogP contribution in [0, 0.1) is 6.92 Å². The minimum absolute atomic E-state index is 0.263. The third kappa shape index (κ3) is 3.28. The van der Waals surface area contributed by atoms with E-state index in [1.165, 1.54) is 7.11 Å². The molecule has 20 heavy (non-hydrogen) atoms. The molecule has 1 aromatic heterocycles. The summed E-state index contributed by atoms with van der Waals surface area (Å²) in [5.41, 5.74) is 1.78. The molecule has 0 unspecified atom stereocenters. The van der Waals surface area contributed by atoms with E-state index in [4.69, 9.17) is 9.47 Å². The van der Waals surface area contributed by atoms with Gasteiger partial charge in [0.05, 0.1) is 14.2 Å². The van der Waals surface area contributed by atoms with Gasteiger partial charge in [0, 0.05) is 5.71 Å². The van der Waals surface area contributed by atoms with E-state index in [2.05, 4.69) is 19.9 Å². The van der Waals surface area contributed by atoms with E-state index < -0.39 is 0 Å². The first-order valence-corrected chi connectivity index (χ1v) is 6.08. The van der Waals surface area contributed by atoms with Crippen molar-refractivity contribution in [3.8, 4) is 11.8 Å². The molecule has 0 radical (unpaired) electrons. The summed E-state index contributed by atoms with van der Waals surface area (Å²) in [7, 11) is 3.15. The Morgan fingerprint density at radius 3 is 2.30 bits per heavy atom. The second-order valence-electron chi connectivity index (χ2n) is 4.10. The SMILES string of the molecule is COc1ccc(C(C)=Nc2nc(C)nc(OC)n2)cc1. The lowest BCUT2D eigenvalue weighted by Gasteiger charge is -2.04. The van der Waals surface area contributed by atoms with Gasteiger partial charge in [-0.1, -0.05) is 0 Å². The Morgan fingerprint density at radius 1 is 1.00 bits per heavy atom. The van der Waals surface area contributed by atoms with Gasteiger partial charge in [0.1, 0.15) is 11.6 Å². The maximum absolute atomic E-state index is 5.12. The van der Waals surface area contributed by atoms with Crippen LogP contribution in [0.15, 0.2) is 29.3 Å². The molecule has 6 nitrogen and oxygen atoms in total. The van der Waals surface area contributed by atoms with E-state index in [0.29, 0.717) is 11.8 Å². The van der Waals surface area contributed by atoms with Gasteiger partial charge < -0.3 is 9.47 Å². The number of ether oxygens (including phenoxy) is 2. The topological polar surface area (TPSA) is 69.5 Å². The van der Waals surface area contributed by atoms with Gasteiger partial charge in [-0.05, 0) is 43.7 Å². The monoisotopic (exact) mass is 272 g/mol. The van der Waals surface area contributed by atoms with E-state index in [-0.39, 0.29) is 6.01 Å². The average molecular weight is 272 g/mol. The van der Waals surface area contributed by atoms with E-state index >= 15 is 0 Å². The predicted molar refractivity (Wildman–Crippen MR) is 76.0 cm³/mol.